The first-order chi connectivity index (χ1) is 14.7. The summed E-state index contributed by atoms with van der Waals surface area (Å²) in [6, 6.07) is 19.2. The second kappa shape index (κ2) is 14.0. The Morgan fingerprint density at radius 3 is 2.06 bits per heavy atom. The van der Waals surface area contributed by atoms with Crippen LogP contribution >= 0.6 is 31.1 Å². The Balaban J connectivity index is 0.00000341. The topological polar surface area (TPSA) is 0 Å². The van der Waals surface area contributed by atoms with Gasteiger partial charge in [-0.3, -0.25) is 0 Å². The summed E-state index contributed by atoms with van der Waals surface area (Å²) in [5, 5.41) is 1.21. The van der Waals surface area contributed by atoms with Gasteiger partial charge in [0, 0.05) is 5.03 Å². The van der Waals surface area contributed by atoms with Crippen LogP contribution in [0.1, 0.15) is 69.1 Å². The van der Waals surface area contributed by atoms with Crippen molar-refractivity contribution < 1.29 is 19.5 Å². The van der Waals surface area contributed by atoms with Gasteiger partial charge in [-0.15, -0.1) is 11.6 Å². The molecule has 0 aromatic heterocycles. The number of allylic oxidation sites excluding steroid dienone is 3. The Morgan fingerprint density at radius 2 is 1.45 bits per heavy atom. The van der Waals surface area contributed by atoms with Crippen LogP contribution in [0, 0.1) is 0 Å². The van der Waals surface area contributed by atoms with E-state index in [0.29, 0.717) is 0 Å². The van der Waals surface area contributed by atoms with Gasteiger partial charge < -0.3 is 0 Å². The van der Waals surface area contributed by atoms with Crippen LogP contribution in [0.5, 0.6) is 0 Å². The van der Waals surface area contributed by atoms with Crippen LogP contribution in [0.4, 0.5) is 0 Å². The normalized spacial score (nSPS) is 15.3. The van der Waals surface area contributed by atoms with E-state index in [1.807, 2.05) is 0 Å². The Morgan fingerprint density at radius 1 is 0.871 bits per heavy atom. The van der Waals surface area contributed by atoms with Crippen molar-refractivity contribution in [2.45, 2.75) is 57.5 Å². The summed E-state index contributed by atoms with van der Waals surface area (Å²) < 4.78 is 0. The first-order valence-electron chi connectivity index (χ1n) is 11.3. The molecule has 1 aliphatic carbocycles. The van der Waals surface area contributed by atoms with Gasteiger partial charge in [-0.2, -0.15) is 0 Å². The second-order valence-corrected chi connectivity index (χ2v) is 12.0. The molecule has 4 heteroatoms. The van der Waals surface area contributed by atoms with Crippen LogP contribution in [0.15, 0.2) is 65.7 Å². The van der Waals surface area contributed by atoms with Gasteiger partial charge in [0.1, 0.15) is 0 Å². The number of rotatable bonds is 11. The van der Waals surface area contributed by atoms with Gasteiger partial charge in [-0.25, -0.2) is 0 Å². The Bertz CT molecular complexity index is 868. The minimum absolute atomic E-state index is 0. The van der Waals surface area contributed by atoms with Gasteiger partial charge >= 0.3 is 19.5 Å². The predicted octanol–water partition coefficient (Wildman–Crippen LogP) is 9.51. The van der Waals surface area contributed by atoms with Gasteiger partial charge in [0.15, 0.2) is 0 Å². The minimum atomic E-state index is -0.105. The molecule has 0 amide bonds. The average molecular weight is 561 g/mol. The van der Waals surface area contributed by atoms with Crippen molar-refractivity contribution in [1.82, 2.24) is 0 Å². The monoisotopic (exact) mass is 560 g/mol. The van der Waals surface area contributed by atoms with E-state index in [-0.39, 0.29) is 32.5 Å². The largest absolute Gasteiger partial charge is 2.00 e. The number of halogens is 2. The Kier molecular flexibility index (Phi) is 12.1. The fourth-order valence-electron chi connectivity index (χ4n) is 4.01. The summed E-state index contributed by atoms with van der Waals surface area (Å²) in [5.74, 6) is 0. The number of unbranched alkanes of at least 4 members (excludes halogenated alkanes) is 2. The third kappa shape index (κ3) is 7.27. The zero-order valence-corrected chi connectivity index (χ0v) is 22.7. The van der Waals surface area contributed by atoms with Crippen LogP contribution in [-0.2, 0) is 19.5 Å². The van der Waals surface area contributed by atoms with Crippen LogP contribution in [0.2, 0.25) is 0 Å². The molecule has 0 saturated heterocycles. The molecule has 0 aliphatic heterocycles. The van der Waals surface area contributed by atoms with E-state index >= 15 is 0 Å². The molecule has 0 N–H and O–H groups in total. The Labute approximate surface area is 213 Å². The van der Waals surface area contributed by atoms with E-state index in [2.05, 4.69) is 74.5 Å². The molecule has 31 heavy (non-hydrogen) atoms. The van der Waals surface area contributed by atoms with Gasteiger partial charge in [-0.1, -0.05) is 101 Å². The first-order valence-corrected chi connectivity index (χ1v) is 13.9. The summed E-state index contributed by atoms with van der Waals surface area (Å²) in [5.41, 5.74) is 6.18. The van der Waals surface area contributed by atoms with Crippen molar-refractivity contribution >= 4 is 42.3 Å². The van der Waals surface area contributed by atoms with E-state index in [9.17, 15) is 0 Å². The predicted molar refractivity (Wildman–Crippen MR) is 138 cm³/mol. The number of fused-ring (bicyclic) bond motifs is 1. The maximum absolute atomic E-state index is 6.93. The molecule has 2 aromatic carbocycles. The molecule has 0 nitrogen and oxygen atoms in total. The van der Waals surface area contributed by atoms with Crippen molar-refractivity contribution in [2.75, 3.05) is 12.3 Å². The van der Waals surface area contributed by atoms with Crippen molar-refractivity contribution in [3.63, 3.8) is 0 Å². The summed E-state index contributed by atoms with van der Waals surface area (Å²) in [6.07, 6.45) is 11.8. The van der Waals surface area contributed by atoms with Crippen molar-refractivity contribution in [3.05, 3.63) is 82.4 Å². The SMILES string of the molecule is CCCCP(CCCC)C(Cl)CCC(Cl)=C1C=C(c2ccccc2)c2ccccc21.[Ru+2]. The summed E-state index contributed by atoms with van der Waals surface area (Å²) in [6.45, 7) is 4.54. The summed E-state index contributed by atoms with van der Waals surface area (Å²) in [7, 11) is -0.105. The van der Waals surface area contributed by atoms with Gasteiger partial charge in [-0.05, 0) is 71.9 Å². The van der Waals surface area contributed by atoms with E-state index in [1.54, 1.807) is 0 Å². The van der Waals surface area contributed by atoms with E-state index < -0.39 is 0 Å². The zero-order valence-electron chi connectivity index (χ0n) is 18.6. The van der Waals surface area contributed by atoms with Crippen LogP contribution in [0.25, 0.3) is 11.1 Å². The standard InChI is InChI=1S/C27H33Cl2P.Ru/c1-3-5-18-30(19-6-4-2)27(29)17-16-26(28)25-20-24(21-12-8-7-9-13-21)22-14-10-11-15-23(22)25;/h7-15,20,27H,3-6,16-19H2,1-2H3;/q;+2. The minimum Gasteiger partial charge on any atom is -0.118 e. The van der Waals surface area contributed by atoms with Crippen LogP contribution < -0.4 is 0 Å². The van der Waals surface area contributed by atoms with Crippen molar-refractivity contribution in [1.29, 1.82) is 0 Å². The molecule has 0 radical (unpaired) electrons. The molecule has 166 valence electrons. The fraction of sp³-hybridized carbons (Fsp3) is 0.407. The van der Waals surface area contributed by atoms with Crippen molar-refractivity contribution in [2.24, 2.45) is 0 Å². The summed E-state index contributed by atoms with van der Waals surface area (Å²) >= 11 is 13.8. The number of benzene rings is 2. The summed E-state index contributed by atoms with van der Waals surface area (Å²) in [4.78, 5) is 0. The molecule has 0 saturated carbocycles. The van der Waals surface area contributed by atoms with E-state index in [1.165, 1.54) is 65.8 Å². The molecule has 2 aromatic rings. The first kappa shape index (κ1) is 26.8. The number of hydrogen-bond donors (Lipinski definition) is 0. The van der Waals surface area contributed by atoms with E-state index in [0.717, 1.165) is 17.9 Å². The molecule has 1 atom stereocenters. The molecule has 0 heterocycles. The molecule has 0 spiro atoms. The third-order valence-electron chi connectivity index (χ3n) is 5.77. The van der Waals surface area contributed by atoms with E-state index in [4.69, 9.17) is 23.2 Å². The third-order valence-corrected chi connectivity index (χ3v) is 10.0. The quantitative estimate of drug-likeness (QED) is 0.146. The molecular formula is C27H33Cl2PRu+2. The number of hydrogen-bond acceptors (Lipinski definition) is 0. The molecule has 1 aliphatic rings. The second-order valence-electron chi connectivity index (χ2n) is 8.00. The fourth-order valence-corrected chi connectivity index (χ4v) is 7.69. The molecule has 0 fully saturated rings. The van der Waals surface area contributed by atoms with Gasteiger partial charge in [0.05, 0.1) is 5.12 Å². The molecule has 0 bridgehead atoms. The smallest absolute Gasteiger partial charge is 0.118 e. The van der Waals surface area contributed by atoms with Crippen molar-refractivity contribution in [3.8, 4) is 0 Å². The average Bonchev–Trinajstić information content (AvgIpc) is 3.18. The van der Waals surface area contributed by atoms with Crippen LogP contribution in [0.3, 0.4) is 0 Å². The molecule has 1 unspecified atom stereocenters. The molecular weight excluding hydrogens is 527 g/mol. The maximum atomic E-state index is 6.93. The number of alkyl halides is 1. The Hall–Kier alpha value is -0.447. The zero-order chi connectivity index (χ0) is 21.3. The molecule has 3 rings (SSSR count). The maximum Gasteiger partial charge on any atom is 2.00 e. The van der Waals surface area contributed by atoms with Gasteiger partial charge in [0.25, 0.3) is 0 Å². The van der Waals surface area contributed by atoms with Crippen LogP contribution in [-0.4, -0.2) is 17.4 Å². The van der Waals surface area contributed by atoms with Gasteiger partial charge in [0.2, 0.25) is 0 Å².